The van der Waals surface area contributed by atoms with Crippen LogP contribution in [0.1, 0.15) is 24.5 Å². The minimum atomic E-state index is -0.510. The number of benzene rings is 2. The Kier molecular flexibility index (Phi) is 5.54. The van der Waals surface area contributed by atoms with E-state index in [1.165, 1.54) is 0 Å². The van der Waals surface area contributed by atoms with Gasteiger partial charge in [0.1, 0.15) is 5.75 Å². The van der Waals surface area contributed by atoms with Gasteiger partial charge in [0.05, 0.1) is 5.52 Å². The molecule has 0 aliphatic carbocycles. The summed E-state index contributed by atoms with van der Waals surface area (Å²) >= 11 is 0. The molecule has 0 radical (unpaired) electrons. The van der Waals surface area contributed by atoms with E-state index in [1.54, 1.807) is 4.57 Å². The smallest absolute Gasteiger partial charge is 0.302 e. The lowest BCUT2D eigenvalue weighted by molar-refractivity contribution is -0.120. The Morgan fingerprint density at radius 1 is 1.11 bits per heavy atom. The first-order chi connectivity index (χ1) is 13.0. The molecule has 0 fully saturated rings. The standard InChI is InChI=1S/C21H23N3O3/c1-4-12-24-17-11-6-5-10-16(17)19(21(24)26)23-22-18(25)13-27-20-14(2)8-7-9-15(20)3/h5-11,26H,4,12-13H2,1-3H3. The van der Waals surface area contributed by atoms with E-state index in [2.05, 4.69) is 10.2 Å². The Balaban J connectivity index is 1.80. The molecule has 3 aromatic rings. The molecule has 3 rings (SSSR count). The van der Waals surface area contributed by atoms with Crippen molar-refractivity contribution in [2.75, 3.05) is 6.61 Å². The zero-order chi connectivity index (χ0) is 19.4. The van der Waals surface area contributed by atoms with Crippen LogP contribution in [0.25, 0.3) is 10.9 Å². The molecule has 1 amide bonds. The topological polar surface area (TPSA) is 76.2 Å². The average Bonchev–Trinajstić information content (AvgIpc) is 2.92. The highest BCUT2D eigenvalue weighted by Gasteiger charge is 2.16. The van der Waals surface area contributed by atoms with Crippen LogP contribution in [0.3, 0.4) is 0 Å². The minimum Gasteiger partial charge on any atom is -0.493 e. The number of amides is 1. The fraction of sp³-hybridized carbons (Fsp3) is 0.286. The molecule has 27 heavy (non-hydrogen) atoms. The van der Waals surface area contributed by atoms with Crippen LogP contribution in [0.5, 0.6) is 11.6 Å². The summed E-state index contributed by atoms with van der Waals surface area (Å²) in [6.45, 7) is 6.34. The van der Waals surface area contributed by atoms with E-state index in [1.807, 2.05) is 63.2 Å². The van der Waals surface area contributed by atoms with Gasteiger partial charge in [0, 0.05) is 11.9 Å². The van der Waals surface area contributed by atoms with Gasteiger partial charge in [-0.15, -0.1) is 10.2 Å². The highest BCUT2D eigenvalue weighted by Crippen LogP contribution is 2.38. The van der Waals surface area contributed by atoms with E-state index in [9.17, 15) is 9.90 Å². The van der Waals surface area contributed by atoms with E-state index < -0.39 is 5.91 Å². The second-order valence-electron chi connectivity index (χ2n) is 6.44. The van der Waals surface area contributed by atoms with Crippen molar-refractivity contribution in [3.8, 4) is 11.6 Å². The molecule has 1 heterocycles. The number of azo groups is 1. The zero-order valence-corrected chi connectivity index (χ0v) is 15.8. The summed E-state index contributed by atoms with van der Waals surface area (Å²) in [5, 5.41) is 19.0. The summed E-state index contributed by atoms with van der Waals surface area (Å²) in [7, 11) is 0. The molecule has 0 saturated carbocycles. The molecule has 1 aromatic heterocycles. The summed E-state index contributed by atoms with van der Waals surface area (Å²) in [5.41, 5.74) is 3.09. The monoisotopic (exact) mass is 365 g/mol. The third-order valence-corrected chi connectivity index (χ3v) is 4.37. The van der Waals surface area contributed by atoms with Crippen LogP contribution in [-0.4, -0.2) is 22.2 Å². The molecule has 0 spiro atoms. The number of para-hydroxylation sites is 2. The van der Waals surface area contributed by atoms with Crippen LogP contribution in [-0.2, 0) is 11.3 Å². The van der Waals surface area contributed by atoms with Gasteiger partial charge in [-0.1, -0.05) is 43.3 Å². The first-order valence-electron chi connectivity index (χ1n) is 8.96. The number of carbonyl (C=O) groups excluding carboxylic acids is 1. The van der Waals surface area contributed by atoms with Crippen molar-refractivity contribution in [3.05, 3.63) is 53.6 Å². The fourth-order valence-corrected chi connectivity index (χ4v) is 3.12. The Morgan fingerprint density at radius 2 is 1.81 bits per heavy atom. The number of nitrogens with zero attached hydrogens (tertiary/aromatic N) is 3. The van der Waals surface area contributed by atoms with Gasteiger partial charge in [0.2, 0.25) is 5.88 Å². The first-order valence-corrected chi connectivity index (χ1v) is 8.96. The quantitative estimate of drug-likeness (QED) is 0.620. The number of fused-ring (bicyclic) bond motifs is 1. The van der Waals surface area contributed by atoms with Crippen molar-refractivity contribution in [3.63, 3.8) is 0 Å². The summed E-state index contributed by atoms with van der Waals surface area (Å²) < 4.78 is 7.39. The minimum absolute atomic E-state index is 0.0188. The maximum Gasteiger partial charge on any atom is 0.302 e. The SMILES string of the molecule is CCCn1c(O)c(N=NC(=O)COc2c(C)cccc2C)c2ccccc21. The maximum atomic E-state index is 12.1. The molecule has 2 aromatic carbocycles. The molecule has 6 heteroatoms. The lowest BCUT2D eigenvalue weighted by Gasteiger charge is -2.09. The molecular weight excluding hydrogens is 342 g/mol. The van der Waals surface area contributed by atoms with Gasteiger partial charge in [0.15, 0.2) is 12.3 Å². The normalized spacial score (nSPS) is 11.4. The van der Waals surface area contributed by atoms with Crippen LogP contribution < -0.4 is 4.74 Å². The second-order valence-corrected chi connectivity index (χ2v) is 6.44. The Labute approximate surface area is 158 Å². The summed E-state index contributed by atoms with van der Waals surface area (Å²) in [6, 6.07) is 13.3. The number of rotatable bonds is 6. The Bertz CT molecular complexity index is 985. The predicted octanol–water partition coefficient (Wildman–Crippen LogP) is 5.06. The van der Waals surface area contributed by atoms with Crippen molar-refractivity contribution in [2.45, 2.75) is 33.7 Å². The van der Waals surface area contributed by atoms with Crippen LogP contribution in [0, 0.1) is 13.8 Å². The van der Waals surface area contributed by atoms with E-state index >= 15 is 0 Å². The number of aromatic nitrogens is 1. The lowest BCUT2D eigenvalue weighted by Crippen LogP contribution is -2.09. The molecular formula is C21H23N3O3. The van der Waals surface area contributed by atoms with Gasteiger partial charge in [-0.3, -0.25) is 4.79 Å². The molecule has 0 bridgehead atoms. The largest absolute Gasteiger partial charge is 0.493 e. The summed E-state index contributed by atoms with van der Waals surface area (Å²) in [6.07, 6.45) is 0.866. The van der Waals surface area contributed by atoms with Gasteiger partial charge in [-0.2, -0.15) is 0 Å². The maximum absolute atomic E-state index is 12.1. The zero-order valence-electron chi connectivity index (χ0n) is 15.8. The molecule has 0 aliphatic heterocycles. The molecule has 140 valence electrons. The van der Waals surface area contributed by atoms with E-state index in [-0.39, 0.29) is 12.5 Å². The number of aromatic hydroxyl groups is 1. The number of aryl methyl sites for hydroxylation is 3. The molecule has 0 atom stereocenters. The highest BCUT2D eigenvalue weighted by atomic mass is 16.5. The average molecular weight is 365 g/mol. The van der Waals surface area contributed by atoms with Gasteiger partial charge >= 0.3 is 5.91 Å². The molecule has 6 nitrogen and oxygen atoms in total. The Morgan fingerprint density at radius 3 is 2.52 bits per heavy atom. The molecule has 1 N–H and O–H groups in total. The van der Waals surface area contributed by atoms with Gasteiger partial charge in [-0.25, -0.2) is 0 Å². The number of carbonyl (C=O) groups is 1. The van der Waals surface area contributed by atoms with Crippen LogP contribution in [0.2, 0.25) is 0 Å². The second kappa shape index (κ2) is 8.03. The fourth-order valence-electron chi connectivity index (χ4n) is 3.12. The Hall–Kier alpha value is -3.15. The van der Waals surface area contributed by atoms with Crippen molar-refractivity contribution >= 4 is 22.5 Å². The van der Waals surface area contributed by atoms with Crippen molar-refractivity contribution in [1.29, 1.82) is 0 Å². The molecule has 0 unspecified atom stereocenters. The van der Waals surface area contributed by atoms with E-state index in [0.717, 1.165) is 28.5 Å². The summed E-state index contributed by atoms with van der Waals surface area (Å²) in [4.78, 5) is 12.1. The van der Waals surface area contributed by atoms with E-state index in [0.29, 0.717) is 18.0 Å². The molecule has 0 saturated heterocycles. The number of hydrogen-bond donors (Lipinski definition) is 1. The van der Waals surface area contributed by atoms with Gasteiger partial charge < -0.3 is 14.4 Å². The van der Waals surface area contributed by atoms with E-state index in [4.69, 9.17) is 4.74 Å². The van der Waals surface area contributed by atoms with Gasteiger partial charge in [-0.05, 0) is 37.5 Å². The van der Waals surface area contributed by atoms with Crippen LogP contribution in [0.15, 0.2) is 52.7 Å². The van der Waals surface area contributed by atoms with Crippen molar-refractivity contribution in [2.24, 2.45) is 10.2 Å². The number of hydrogen-bond acceptors (Lipinski definition) is 4. The lowest BCUT2D eigenvalue weighted by atomic mass is 10.1. The number of ether oxygens (including phenoxy) is 1. The van der Waals surface area contributed by atoms with Gasteiger partial charge in [0.25, 0.3) is 0 Å². The predicted molar refractivity (Wildman–Crippen MR) is 105 cm³/mol. The van der Waals surface area contributed by atoms with Crippen LogP contribution >= 0.6 is 0 Å². The van der Waals surface area contributed by atoms with Crippen LogP contribution in [0.4, 0.5) is 5.69 Å². The molecule has 0 aliphatic rings. The van der Waals surface area contributed by atoms with Crippen molar-refractivity contribution < 1.29 is 14.6 Å². The van der Waals surface area contributed by atoms with Crippen molar-refractivity contribution in [1.82, 2.24) is 4.57 Å². The first kappa shape index (κ1) is 18.6. The highest BCUT2D eigenvalue weighted by molar-refractivity contribution is 5.95. The third kappa shape index (κ3) is 3.84. The third-order valence-electron chi connectivity index (χ3n) is 4.37. The summed E-state index contributed by atoms with van der Waals surface area (Å²) in [5.74, 6) is 0.193.